The first-order chi connectivity index (χ1) is 24.9. The van der Waals surface area contributed by atoms with Crippen LogP contribution >= 0.6 is 0 Å². The summed E-state index contributed by atoms with van der Waals surface area (Å²) < 4.78 is 0. The van der Waals surface area contributed by atoms with Crippen molar-refractivity contribution in [3.8, 4) is 44.5 Å². The Morgan fingerprint density at radius 2 is 0.863 bits per heavy atom. The number of nitrogens with zero attached hydrogens (tertiary/aromatic N) is 1. The third-order valence-corrected chi connectivity index (χ3v) is 10.7. The Morgan fingerprint density at radius 1 is 0.353 bits per heavy atom. The van der Waals surface area contributed by atoms with Crippen LogP contribution in [0.5, 0.6) is 0 Å². The number of benzene rings is 8. The van der Waals surface area contributed by atoms with Crippen molar-refractivity contribution in [3.63, 3.8) is 0 Å². The minimum absolute atomic E-state index is 0.154. The fourth-order valence-corrected chi connectivity index (χ4v) is 7.92. The number of rotatable bonds is 6. The van der Waals surface area contributed by atoms with E-state index in [-0.39, 0.29) is 5.41 Å². The highest BCUT2D eigenvalue weighted by Gasteiger charge is 2.36. The van der Waals surface area contributed by atoms with Crippen LogP contribution in [0.3, 0.4) is 0 Å². The van der Waals surface area contributed by atoms with Crippen LogP contribution in [0.2, 0.25) is 0 Å². The quantitative estimate of drug-likeness (QED) is 0.173. The second kappa shape index (κ2) is 12.3. The molecule has 9 rings (SSSR count). The summed E-state index contributed by atoms with van der Waals surface area (Å²) in [4.78, 5) is 2.40. The number of fused-ring (bicyclic) bond motifs is 4. The monoisotopic (exact) mass is 653 g/mol. The van der Waals surface area contributed by atoms with Crippen molar-refractivity contribution in [2.75, 3.05) is 4.90 Å². The smallest absolute Gasteiger partial charge is 0.0465 e. The first-order valence-corrected chi connectivity index (χ1v) is 17.8. The van der Waals surface area contributed by atoms with E-state index in [0.29, 0.717) is 0 Å². The lowest BCUT2D eigenvalue weighted by Crippen LogP contribution is -2.16. The molecule has 1 heteroatoms. The van der Waals surface area contributed by atoms with Crippen molar-refractivity contribution < 1.29 is 0 Å². The van der Waals surface area contributed by atoms with Crippen LogP contribution < -0.4 is 4.90 Å². The average Bonchev–Trinajstić information content (AvgIpc) is 3.40. The summed E-state index contributed by atoms with van der Waals surface area (Å²) in [6, 6.07) is 66.7. The number of anilines is 3. The molecule has 0 fully saturated rings. The molecule has 0 radical (unpaired) electrons. The van der Waals surface area contributed by atoms with Gasteiger partial charge in [0.15, 0.2) is 0 Å². The molecule has 51 heavy (non-hydrogen) atoms. The molecule has 8 aromatic carbocycles. The van der Waals surface area contributed by atoms with Gasteiger partial charge in [-0.05, 0) is 127 Å². The molecule has 1 aliphatic rings. The van der Waals surface area contributed by atoms with Crippen LogP contribution in [0, 0.1) is 6.92 Å². The zero-order chi connectivity index (χ0) is 34.5. The van der Waals surface area contributed by atoms with Crippen LogP contribution in [0.15, 0.2) is 182 Å². The van der Waals surface area contributed by atoms with E-state index in [0.717, 1.165) is 17.1 Å². The van der Waals surface area contributed by atoms with Gasteiger partial charge in [0.2, 0.25) is 0 Å². The number of aryl methyl sites for hydroxylation is 1. The van der Waals surface area contributed by atoms with Gasteiger partial charge in [-0.2, -0.15) is 0 Å². The van der Waals surface area contributed by atoms with Crippen LogP contribution in [-0.2, 0) is 5.41 Å². The Bertz CT molecular complexity index is 2540. The van der Waals surface area contributed by atoms with Gasteiger partial charge in [-0.1, -0.05) is 147 Å². The molecule has 0 saturated heterocycles. The molecule has 0 aromatic heterocycles. The van der Waals surface area contributed by atoms with Gasteiger partial charge in [0.25, 0.3) is 0 Å². The minimum Gasteiger partial charge on any atom is -0.310 e. The van der Waals surface area contributed by atoms with E-state index >= 15 is 0 Å². The van der Waals surface area contributed by atoms with Gasteiger partial charge in [-0.15, -0.1) is 0 Å². The molecule has 0 N–H and O–H groups in total. The van der Waals surface area contributed by atoms with E-state index < -0.39 is 0 Å². The molecular weight excluding hydrogens is 615 g/mol. The van der Waals surface area contributed by atoms with Crippen LogP contribution in [0.25, 0.3) is 55.3 Å². The molecule has 0 atom stereocenters. The van der Waals surface area contributed by atoms with Gasteiger partial charge in [0.1, 0.15) is 0 Å². The van der Waals surface area contributed by atoms with Crippen molar-refractivity contribution in [1.82, 2.24) is 0 Å². The van der Waals surface area contributed by atoms with Gasteiger partial charge >= 0.3 is 0 Å². The molecule has 0 saturated carbocycles. The van der Waals surface area contributed by atoms with Crippen molar-refractivity contribution >= 4 is 27.8 Å². The molecule has 0 heterocycles. The molecule has 8 aromatic rings. The van der Waals surface area contributed by atoms with E-state index in [2.05, 4.69) is 208 Å². The molecule has 0 amide bonds. The van der Waals surface area contributed by atoms with Gasteiger partial charge < -0.3 is 4.90 Å². The van der Waals surface area contributed by atoms with Crippen molar-refractivity contribution in [2.24, 2.45) is 0 Å². The normalized spacial score (nSPS) is 12.8. The van der Waals surface area contributed by atoms with E-state index in [1.54, 1.807) is 0 Å². The molecule has 1 aliphatic carbocycles. The maximum atomic E-state index is 2.42. The highest BCUT2D eigenvalue weighted by molar-refractivity contribution is 5.89. The lowest BCUT2D eigenvalue weighted by atomic mass is 9.81. The first-order valence-electron chi connectivity index (χ1n) is 17.8. The zero-order valence-corrected chi connectivity index (χ0v) is 29.3. The molecule has 0 spiro atoms. The first kappa shape index (κ1) is 30.8. The fraction of sp³-hybridized carbons (Fsp3) is 0.0800. The SMILES string of the molecule is Cc1cccc(N(c2ccc(-c3ccc4ccccc4c3)cc2)c2ccc3c(c2)C(C)(C)c2cc(-c4ccc(-c5ccccc5)cc4)ccc2-3)c1. The van der Waals surface area contributed by atoms with Gasteiger partial charge in [-0.3, -0.25) is 0 Å². The summed E-state index contributed by atoms with van der Waals surface area (Å²) in [5.41, 5.74) is 17.3. The highest BCUT2D eigenvalue weighted by Crippen LogP contribution is 2.51. The molecule has 244 valence electrons. The third-order valence-electron chi connectivity index (χ3n) is 10.7. The Kier molecular flexibility index (Phi) is 7.44. The topological polar surface area (TPSA) is 3.24 Å². The summed E-state index contributed by atoms with van der Waals surface area (Å²) >= 11 is 0. The second-order valence-electron chi connectivity index (χ2n) is 14.3. The summed E-state index contributed by atoms with van der Waals surface area (Å²) in [6.07, 6.45) is 0. The Labute approximate surface area is 301 Å². The highest BCUT2D eigenvalue weighted by atomic mass is 15.1. The maximum Gasteiger partial charge on any atom is 0.0465 e. The molecular formula is C50H39N. The van der Waals surface area contributed by atoms with Gasteiger partial charge in [0, 0.05) is 22.5 Å². The summed E-state index contributed by atoms with van der Waals surface area (Å²) in [5.74, 6) is 0. The Hall–Kier alpha value is -6.18. The summed E-state index contributed by atoms with van der Waals surface area (Å²) in [6.45, 7) is 6.91. The minimum atomic E-state index is -0.154. The Morgan fingerprint density at radius 3 is 1.59 bits per heavy atom. The molecule has 0 unspecified atom stereocenters. The van der Waals surface area contributed by atoms with Crippen LogP contribution in [0.4, 0.5) is 17.1 Å². The average molecular weight is 654 g/mol. The van der Waals surface area contributed by atoms with E-state index in [1.807, 2.05) is 0 Å². The molecule has 0 aliphatic heterocycles. The predicted molar refractivity (Wildman–Crippen MR) is 217 cm³/mol. The van der Waals surface area contributed by atoms with Crippen LogP contribution in [0.1, 0.15) is 30.5 Å². The second-order valence-corrected chi connectivity index (χ2v) is 14.3. The van der Waals surface area contributed by atoms with E-state index in [4.69, 9.17) is 0 Å². The van der Waals surface area contributed by atoms with Crippen molar-refractivity contribution in [1.29, 1.82) is 0 Å². The Balaban J connectivity index is 1.07. The van der Waals surface area contributed by atoms with Crippen LogP contribution in [-0.4, -0.2) is 0 Å². The van der Waals surface area contributed by atoms with E-state index in [1.165, 1.54) is 72.0 Å². The van der Waals surface area contributed by atoms with Crippen molar-refractivity contribution in [3.05, 3.63) is 199 Å². The van der Waals surface area contributed by atoms with Gasteiger partial charge in [0.05, 0.1) is 0 Å². The van der Waals surface area contributed by atoms with E-state index in [9.17, 15) is 0 Å². The largest absolute Gasteiger partial charge is 0.310 e. The summed E-state index contributed by atoms with van der Waals surface area (Å²) in [5, 5.41) is 2.52. The third kappa shape index (κ3) is 5.52. The maximum absolute atomic E-state index is 2.42. The lowest BCUT2D eigenvalue weighted by Gasteiger charge is -2.28. The van der Waals surface area contributed by atoms with Crippen molar-refractivity contribution in [2.45, 2.75) is 26.2 Å². The molecule has 1 nitrogen and oxygen atoms in total. The number of hydrogen-bond donors (Lipinski definition) is 0. The number of hydrogen-bond acceptors (Lipinski definition) is 1. The fourth-order valence-electron chi connectivity index (χ4n) is 7.92. The lowest BCUT2D eigenvalue weighted by molar-refractivity contribution is 0.660. The predicted octanol–water partition coefficient (Wildman–Crippen LogP) is 13.9. The van der Waals surface area contributed by atoms with Gasteiger partial charge in [-0.25, -0.2) is 0 Å². The standard InChI is InChI=1S/C50H39N/c1-34-10-9-15-44(30-34)51(43-25-22-39(23-26-43)41-21-20-36-13-7-8-14-40(36)31-41)45-27-29-47-46-28-24-42(32-48(46)50(2,3)49(47)33-45)38-18-16-37(17-19-38)35-11-5-4-6-12-35/h4-33H,1-3H3. The molecule has 0 bridgehead atoms. The zero-order valence-electron chi connectivity index (χ0n) is 29.3. The summed E-state index contributed by atoms with van der Waals surface area (Å²) in [7, 11) is 0.